The summed E-state index contributed by atoms with van der Waals surface area (Å²) in [5, 5.41) is 7.88. The molecule has 0 aliphatic heterocycles. The molecule has 9 nitrogen and oxygen atoms in total. The highest BCUT2D eigenvalue weighted by Crippen LogP contribution is 2.17. The molecule has 1 amide bonds. The van der Waals surface area contributed by atoms with E-state index in [0.29, 0.717) is 24.2 Å². The van der Waals surface area contributed by atoms with E-state index in [2.05, 4.69) is 5.32 Å². The Morgan fingerprint density at radius 3 is 2.15 bits per heavy atom. The molecule has 0 aliphatic carbocycles. The first kappa shape index (κ1) is 32.3. The van der Waals surface area contributed by atoms with Crippen molar-refractivity contribution in [2.75, 3.05) is 31.9 Å². The van der Waals surface area contributed by atoms with Crippen LogP contribution in [0.1, 0.15) is 58.5 Å². The van der Waals surface area contributed by atoms with E-state index in [9.17, 15) is 26.8 Å². The molecule has 5 N–H and O–H groups in total. The Bertz CT molecular complexity index is 1220. The Hall–Kier alpha value is -2.93. The topological polar surface area (TPSA) is 145 Å². The first-order chi connectivity index (χ1) is 18.3. The van der Waals surface area contributed by atoms with Crippen molar-refractivity contribution in [3.63, 3.8) is 0 Å². The maximum atomic E-state index is 13.7. The van der Waals surface area contributed by atoms with Gasteiger partial charge in [0.15, 0.2) is 0 Å². The summed E-state index contributed by atoms with van der Waals surface area (Å²) in [6.07, 6.45) is 0.560. The Kier molecular flexibility index (Phi) is 12.4. The van der Waals surface area contributed by atoms with Crippen LogP contribution in [0.2, 0.25) is 0 Å². The molecule has 0 aliphatic rings. The first-order valence-electron chi connectivity index (χ1n) is 12.9. The van der Waals surface area contributed by atoms with Gasteiger partial charge in [-0.3, -0.25) is 4.79 Å². The van der Waals surface area contributed by atoms with Gasteiger partial charge in [0.1, 0.15) is 17.7 Å². The molecule has 0 aromatic heterocycles. The minimum Gasteiger partial charge on any atom is -0.456 e. The number of carbonyl (C=O) groups excluding carboxylic acids is 2. The second-order valence-corrected chi connectivity index (χ2v) is 11.3. The lowest BCUT2D eigenvalue weighted by Gasteiger charge is -2.25. The SMILES string of the molecule is CCCN(CCC)C(=O)c1cc(C)cc(C(=O)O[C@H](CNCCS(N)(=O)=O)[C@@H](N)Cc2cc(F)cc(F)c2)c1. The lowest BCUT2D eigenvalue weighted by molar-refractivity contribution is 0.0240. The van der Waals surface area contributed by atoms with E-state index >= 15 is 0 Å². The van der Waals surface area contributed by atoms with E-state index < -0.39 is 39.8 Å². The predicted octanol–water partition coefficient (Wildman–Crippen LogP) is 2.51. The highest BCUT2D eigenvalue weighted by atomic mass is 32.2. The Morgan fingerprint density at radius 1 is 1.00 bits per heavy atom. The summed E-state index contributed by atoms with van der Waals surface area (Å²) in [5.41, 5.74) is 7.74. The van der Waals surface area contributed by atoms with Crippen molar-refractivity contribution in [3.05, 3.63) is 70.3 Å². The van der Waals surface area contributed by atoms with Crippen molar-refractivity contribution in [1.82, 2.24) is 10.2 Å². The zero-order valence-corrected chi connectivity index (χ0v) is 23.4. The summed E-state index contributed by atoms with van der Waals surface area (Å²) in [5.74, 6) is -2.83. The molecule has 12 heteroatoms. The summed E-state index contributed by atoms with van der Waals surface area (Å²) < 4.78 is 55.6. The van der Waals surface area contributed by atoms with E-state index in [1.165, 1.54) is 6.07 Å². The maximum Gasteiger partial charge on any atom is 0.338 e. The molecule has 0 unspecified atom stereocenters. The van der Waals surface area contributed by atoms with Gasteiger partial charge in [-0.2, -0.15) is 0 Å². The molecule has 0 saturated carbocycles. The van der Waals surface area contributed by atoms with Crippen molar-refractivity contribution in [2.45, 2.75) is 52.2 Å². The quantitative estimate of drug-likeness (QED) is 0.221. The molecule has 0 saturated heterocycles. The van der Waals surface area contributed by atoms with Gasteiger partial charge in [0.25, 0.3) is 5.91 Å². The monoisotopic (exact) mass is 568 g/mol. The smallest absolute Gasteiger partial charge is 0.338 e. The molecule has 216 valence electrons. The number of hydrogen-bond acceptors (Lipinski definition) is 7. The minimum absolute atomic E-state index is 0.0238. The van der Waals surface area contributed by atoms with Gasteiger partial charge in [-0.1, -0.05) is 13.8 Å². The molecule has 2 rings (SSSR count). The van der Waals surface area contributed by atoms with Crippen molar-refractivity contribution in [1.29, 1.82) is 0 Å². The van der Waals surface area contributed by atoms with Crippen LogP contribution in [-0.2, 0) is 21.2 Å². The van der Waals surface area contributed by atoms with Crippen molar-refractivity contribution in [2.24, 2.45) is 10.9 Å². The Morgan fingerprint density at radius 2 is 1.59 bits per heavy atom. The molecule has 2 atom stereocenters. The van der Waals surface area contributed by atoms with Crippen LogP contribution in [0.5, 0.6) is 0 Å². The normalized spacial score (nSPS) is 13.1. The highest BCUT2D eigenvalue weighted by molar-refractivity contribution is 7.89. The van der Waals surface area contributed by atoms with Gasteiger partial charge in [-0.25, -0.2) is 27.1 Å². The summed E-state index contributed by atoms with van der Waals surface area (Å²) >= 11 is 0. The standard InChI is InChI=1S/C27H38F2N4O5S/c1-4-7-33(8-5-2)26(34)20-10-18(3)11-21(15-20)27(35)38-25(17-32-6-9-39(31,36)37)24(30)14-19-12-22(28)16-23(29)13-19/h10-13,15-16,24-25,32H,4-9,14,17,30H2,1-3H3,(H2,31,36,37)/t24-,25+/m0/s1. The van der Waals surface area contributed by atoms with E-state index in [1.54, 1.807) is 24.0 Å². The number of carbonyl (C=O) groups is 2. The number of nitrogens with zero attached hydrogens (tertiary/aromatic N) is 1. The van der Waals surface area contributed by atoms with E-state index in [1.807, 2.05) is 13.8 Å². The molecule has 0 radical (unpaired) electrons. The van der Waals surface area contributed by atoms with Crippen LogP contribution in [0.4, 0.5) is 8.78 Å². The third-order valence-corrected chi connectivity index (χ3v) is 6.65. The van der Waals surface area contributed by atoms with Gasteiger partial charge in [0.2, 0.25) is 10.0 Å². The average Bonchev–Trinajstić information content (AvgIpc) is 2.83. The number of nitrogens with two attached hydrogens (primary N) is 2. The third kappa shape index (κ3) is 11.0. The fourth-order valence-corrected chi connectivity index (χ4v) is 4.57. The molecule has 0 fully saturated rings. The fraction of sp³-hybridized carbons (Fsp3) is 0.481. The second kappa shape index (κ2) is 15.0. The summed E-state index contributed by atoms with van der Waals surface area (Å²) in [6, 6.07) is 6.86. The number of sulfonamides is 1. The van der Waals surface area contributed by atoms with Crippen LogP contribution in [0.25, 0.3) is 0 Å². The van der Waals surface area contributed by atoms with Crippen molar-refractivity contribution >= 4 is 21.9 Å². The number of benzene rings is 2. The van der Waals surface area contributed by atoms with Crippen LogP contribution in [0, 0.1) is 18.6 Å². The Labute approximate surface area is 228 Å². The van der Waals surface area contributed by atoms with Gasteiger partial charge in [-0.15, -0.1) is 0 Å². The first-order valence-corrected chi connectivity index (χ1v) is 14.6. The molecule has 39 heavy (non-hydrogen) atoms. The third-order valence-electron chi connectivity index (χ3n) is 5.87. The molecule has 2 aromatic carbocycles. The van der Waals surface area contributed by atoms with Crippen molar-refractivity contribution < 1.29 is 31.5 Å². The molecule has 0 bridgehead atoms. The number of rotatable bonds is 15. The van der Waals surface area contributed by atoms with Gasteiger partial charge in [0, 0.05) is 43.9 Å². The average molecular weight is 569 g/mol. The van der Waals surface area contributed by atoms with Crippen LogP contribution >= 0.6 is 0 Å². The van der Waals surface area contributed by atoms with Gasteiger partial charge >= 0.3 is 5.97 Å². The molecule has 0 spiro atoms. The summed E-state index contributed by atoms with van der Waals surface area (Å²) in [6.45, 7) is 6.82. The summed E-state index contributed by atoms with van der Waals surface area (Å²) in [7, 11) is -3.72. The number of amides is 1. The predicted molar refractivity (Wildman–Crippen MR) is 146 cm³/mol. The lowest BCUT2D eigenvalue weighted by atomic mass is 10.0. The van der Waals surface area contributed by atoms with E-state index in [4.69, 9.17) is 15.6 Å². The zero-order chi connectivity index (χ0) is 29.2. The number of nitrogens with one attached hydrogen (secondary N) is 1. The number of hydrogen-bond donors (Lipinski definition) is 3. The second-order valence-electron chi connectivity index (χ2n) is 9.54. The number of aryl methyl sites for hydroxylation is 1. The zero-order valence-electron chi connectivity index (χ0n) is 22.6. The molecular formula is C27H38F2N4O5S. The van der Waals surface area contributed by atoms with Gasteiger partial charge in [0.05, 0.1) is 11.3 Å². The van der Waals surface area contributed by atoms with E-state index in [0.717, 1.165) is 31.0 Å². The number of halogens is 2. The number of esters is 1. The fourth-order valence-electron chi connectivity index (χ4n) is 4.14. The number of ether oxygens (including phenoxy) is 1. The van der Waals surface area contributed by atoms with Gasteiger partial charge in [-0.05, 0) is 67.6 Å². The van der Waals surface area contributed by atoms with Crippen LogP contribution < -0.4 is 16.2 Å². The van der Waals surface area contributed by atoms with Crippen molar-refractivity contribution in [3.8, 4) is 0 Å². The minimum atomic E-state index is -3.72. The van der Waals surface area contributed by atoms with Crippen LogP contribution in [0.15, 0.2) is 36.4 Å². The van der Waals surface area contributed by atoms with Crippen LogP contribution in [-0.4, -0.2) is 69.3 Å². The van der Waals surface area contributed by atoms with E-state index in [-0.39, 0.29) is 42.3 Å². The summed E-state index contributed by atoms with van der Waals surface area (Å²) in [4.78, 5) is 28.0. The lowest BCUT2D eigenvalue weighted by Crippen LogP contribution is -2.46. The number of primary sulfonamides is 1. The highest BCUT2D eigenvalue weighted by Gasteiger charge is 2.25. The molecule has 0 heterocycles. The van der Waals surface area contributed by atoms with Crippen LogP contribution in [0.3, 0.4) is 0 Å². The largest absolute Gasteiger partial charge is 0.456 e. The molecule has 2 aromatic rings. The maximum absolute atomic E-state index is 13.7. The molecular weight excluding hydrogens is 530 g/mol. The van der Waals surface area contributed by atoms with Gasteiger partial charge < -0.3 is 20.7 Å². The Balaban J connectivity index is 2.26.